The molecule has 1 aromatic carbocycles. The fraction of sp³-hybridized carbons (Fsp3) is 0.273. The van der Waals surface area contributed by atoms with Crippen LogP contribution in [0, 0.1) is 0 Å². The summed E-state index contributed by atoms with van der Waals surface area (Å²) in [6, 6.07) is 8.06. The molecule has 0 aromatic heterocycles. The Morgan fingerprint density at radius 1 is 1.40 bits per heavy atom. The fourth-order valence-electron chi connectivity index (χ4n) is 1.05. The van der Waals surface area contributed by atoms with Gasteiger partial charge in [0.05, 0.1) is 0 Å². The molecule has 80 valence electrons. The minimum Gasteiger partial charge on any atom is -0.449 e. The highest BCUT2D eigenvalue weighted by Crippen LogP contribution is 2.14. The van der Waals surface area contributed by atoms with Gasteiger partial charge >= 0.3 is 5.97 Å². The molecule has 0 bridgehead atoms. The normalized spacial score (nSPS) is 14.0. The van der Waals surface area contributed by atoms with E-state index in [0.717, 1.165) is 0 Å². The van der Waals surface area contributed by atoms with Crippen LogP contribution < -0.4 is 5.73 Å². The SMILES string of the molecule is C[C@H](N)C(=O)OC(C=O)c1ccccc1. The van der Waals surface area contributed by atoms with Crippen LogP contribution in [0.1, 0.15) is 18.6 Å². The average Bonchev–Trinajstić information content (AvgIpc) is 2.26. The van der Waals surface area contributed by atoms with E-state index in [2.05, 4.69) is 0 Å². The summed E-state index contributed by atoms with van der Waals surface area (Å²) < 4.78 is 4.92. The smallest absolute Gasteiger partial charge is 0.323 e. The Hall–Kier alpha value is -1.68. The van der Waals surface area contributed by atoms with Crippen LogP contribution in [0.3, 0.4) is 0 Å². The van der Waals surface area contributed by atoms with E-state index < -0.39 is 18.1 Å². The van der Waals surface area contributed by atoms with E-state index in [9.17, 15) is 9.59 Å². The molecule has 1 rings (SSSR count). The molecule has 0 aliphatic heterocycles. The fourth-order valence-corrected chi connectivity index (χ4v) is 1.05. The number of rotatable bonds is 4. The maximum Gasteiger partial charge on any atom is 0.323 e. The van der Waals surface area contributed by atoms with Gasteiger partial charge in [-0.05, 0) is 12.5 Å². The number of hydrogen-bond donors (Lipinski definition) is 1. The molecular weight excluding hydrogens is 194 g/mol. The molecular formula is C11H13NO3. The van der Waals surface area contributed by atoms with Crippen molar-refractivity contribution in [2.45, 2.75) is 19.1 Å². The number of carbonyl (C=O) groups is 2. The van der Waals surface area contributed by atoms with Crippen molar-refractivity contribution in [1.29, 1.82) is 0 Å². The van der Waals surface area contributed by atoms with Gasteiger partial charge in [-0.1, -0.05) is 30.3 Å². The first-order valence-electron chi connectivity index (χ1n) is 4.61. The molecule has 0 fully saturated rings. The Labute approximate surface area is 88.0 Å². The summed E-state index contributed by atoms with van der Waals surface area (Å²) >= 11 is 0. The molecule has 0 saturated heterocycles. The maximum atomic E-state index is 11.2. The zero-order valence-electron chi connectivity index (χ0n) is 8.42. The molecule has 1 aromatic rings. The first-order chi connectivity index (χ1) is 7.15. The summed E-state index contributed by atoms with van der Waals surface area (Å²) in [5.74, 6) is -0.587. The lowest BCUT2D eigenvalue weighted by Gasteiger charge is -2.13. The maximum absolute atomic E-state index is 11.2. The summed E-state index contributed by atoms with van der Waals surface area (Å²) in [7, 11) is 0. The number of nitrogens with two attached hydrogens (primary N) is 1. The zero-order valence-corrected chi connectivity index (χ0v) is 8.42. The predicted molar refractivity (Wildman–Crippen MR) is 55.0 cm³/mol. The van der Waals surface area contributed by atoms with Gasteiger partial charge in [0.25, 0.3) is 0 Å². The number of esters is 1. The van der Waals surface area contributed by atoms with Gasteiger partial charge in [-0.3, -0.25) is 9.59 Å². The largest absolute Gasteiger partial charge is 0.449 e. The minimum absolute atomic E-state index is 0.579. The second kappa shape index (κ2) is 5.26. The Morgan fingerprint density at radius 3 is 2.47 bits per heavy atom. The lowest BCUT2D eigenvalue weighted by molar-refractivity contribution is -0.153. The Balaban J connectivity index is 2.73. The molecule has 0 amide bonds. The molecule has 0 aliphatic carbocycles. The predicted octanol–water partition coefficient (Wildman–Crippen LogP) is 0.817. The highest BCUT2D eigenvalue weighted by molar-refractivity contribution is 5.77. The van der Waals surface area contributed by atoms with Crippen LogP contribution in [-0.4, -0.2) is 18.3 Å². The van der Waals surface area contributed by atoms with Crippen LogP contribution in [0.2, 0.25) is 0 Å². The van der Waals surface area contributed by atoms with E-state index in [0.29, 0.717) is 11.8 Å². The Bertz CT molecular complexity index is 335. The van der Waals surface area contributed by atoms with Gasteiger partial charge in [0, 0.05) is 0 Å². The quantitative estimate of drug-likeness (QED) is 0.586. The molecule has 0 radical (unpaired) electrons. The number of aldehydes is 1. The number of hydrogen-bond acceptors (Lipinski definition) is 4. The third-order valence-corrected chi connectivity index (χ3v) is 1.87. The molecule has 0 aliphatic rings. The lowest BCUT2D eigenvalue weighted by Crippen LogP contribution is -2.30. The summed E-state index contributed by atoms with van der Waals surface area (Å²) in [5.41, 5.74) is 5.97. The summed E-state index contributed by atoms with van der Waals surface area (Å²) in [6.45, 7) is 1.51. The van der Waals surface area contributed by atoms with Crippen LogP contribution in [0.4, 0.5) is 0 Å². The standard InChI is InChI=1S/C11H13NO3/c1-8(12)11(14)15-10(7-13)9-5-3-2-4-6-9/h2-8,10H,12H2,1H3/t8-,10?/m0/s1. The average molecular weight is 207 g/mol. The van der Waals surface area contributed by atoms with Crippen molar-refractivity contribution in [3.8, 4) is 0 Å². The summed E-state index contributed by atoms with van der Waals surface area (Å²) in [5, 5.41) is 0. The first kappa shape index (κ1) is 11.4. The summed E-state index contributed by atoms with van der Waals surface area (Å²) in [4.78, 5) is 21.9. The van der Waals surface area contributed by atoms with Gasteiger partial charge in [-0.2, -0.15) is 0 Å². The number of benzene rings is 1. The van der Waals surface area contributed by atoms with Crippen molar-refractivity contribution in [3.05, 3.63) is 35.9 Å². The highest BCUT2D eigenvalue weighted by Gasteiger charge is 2.17. The molecule has 4 heteroatoms. The van der Waals surface area contributed by atoms with Crippen molar-refractivity contribution < 1.29 is 14.3 Å². The first-order valence-corrected chi connectivity index (χ1v) is 4.61. The van der Waals surface area contributed by atoms with Crippen molar-refractivity contribution in [3.63, 3.8) is 0 Å². The van der Waals surface area contributed by atoms with E-state index in [1.54, 1.807) is 24.3 Å². The van der Waals surface area contributed by atoms with Crippen molar-refractivity contribution in [1.82, 2.24) is 0 Å². The number of carbonyl (C=O) groups excluding carboxylic acids is 2. The van der Waals surface area contributed by atoms with Crippen LogP contribution in [0.5, 0.6) is 0 Å². The highest BCUT2D eigenvalue weighted by atomic mass is 16.5. The lowest BCUT2D eigenvalue weighted by atomic mass is 10.1. The van der Waals surface area contributed by atoms with Gasteiger partial charge in [-0.15, -0.1) is 0 Å². The molecule has 0 saturated carbocycles. The van der Waals surface area contributed by atoms with Crippen LogP contribution in [0.25, 0.3) is 0 Å². The third kappa shape index (κ3) is 3.18. The minimum atomic E-state index is -0.871. The van der Waals surface area contributed by atoms with E-state index in [4.69, 9.17) is 10.5 Å². The second-order valence-corrected chi connectivity index (χ2v) is 3.19. The van der Waals surface area contributed by atoms with Gasteiger partial charge in [-0.25, -0.2) is 0 Å². The molecule has 4 nitrogen and oxygen atoms in total. The monoisotopic (exact) mass is 207 g/mol. The second-order valence-electron chi connectivity index (χ2n) is 3.19. The molecule has 1 unspecified atom stereocenters. The van der Waals surface area contributed by atoms with Crippen molar-refractivity contribution >= 4 is 12.3 Å². The van der Waals surface area contributed by atoms with Gasteiger partial charge in [0.2, 0.25) is 0 Å². The van der Waals surface area contributed by atoms with Crippen LogP contribution in [0.15, 0.2) is 30.3 Å². The molecule has 15 heavy (non-hydrogen) atoms. The zero-order chi connectivity index (χ0) is 11.3. The summed E-state index contributed by atoms with van der Waals surface area (Å²) in [6.07, 6.45) is -0.292. The molecule has 2 atom stereocenters. The molecule has 2 N–H and O–H groups in total. The van der Waals surface area contributed by atoms with Crippen LogP contribution >= 0.6 is 0 Å². The molecule has 0 heterocycles. The Kier molecular flexibility index (Phi) is 4.00. The van der Waals surface area contributed by atoms with Crippen molar-refractivity contribution in [2.75, 3.05) is 0 Å². The topological polar surface area (TPSA) is 69.4 Å². The van der Waals surface area contributed by atoms with Crippen molar-refractivity contribution in [2.24, 2.45) is 5.73 Å². The third-order valence-electron chi connectivity index (χ3n) is 1.87. The Morgan fingerprint density at radius 2 is 2.00 bits per heavy atom. The molecule has 0 spiro atoms. The van der Waals surface area contributed by atoms with E-state index in [1.165, 1.54) is 6.92 Å². The number of ether oxygens (including phenoxy) is 1. The van der Waals surface area contributed by atoms with E-state index in [-0.39, 0.29) is 0 Å². The van der Waals surface area contributed by atoms with E-state index >= 15 is 0 Å². The van der Waals surface area contributed by atoms with Gasteiger partial charge in [0.1, 0.15) is 6.04 Å². The van der Waals surface area contributed by atoms with Crippen LogP contribution in [-0.2, 0) is 14.3 Å². The van der Waals surface area contributed by atoms with Gasteiger partial charge < -0.3 is 10.5 Å². The van der Waals surface area contributed by atoms with E-state index in [1.807, 2.05) is 6.07 Å². The van der Waals surface area contributed by atoms with Gasteiger partial charge in [0.15, 0.2) is 12.4 Å².